The van der Waals surface area contributed by atoms with E-state index in [1.165, 1.54) is 0 Å². The van der Waals surface area contributed by atoms with Crippen LogP contribution in [0.4, 0.5) is 0 Å². The number of hydrogen-bond acceptors (Lipinski definition) is 6. The summed E-state index contributed by atoms with van der Waals surface area (Å²) in [5.74, 6) is 0.986. The van der Waals surface area contributed by atoms with E-state index in [4.69, 9.17) is 14.2 Å². The van der Waals surface area contributed by atoms with E-state index < -0.39 is 5.60 Å². The van der Waals surface area contributed by atoms with E-state index in [0.29, 0.717) is 69.1 Å². The molecule has 8 nitrogen and oxygen atoms in total. The van der Waals surface area contributed by atoms with Gasteiger partial charge in [0.15, 0.2) is 5.78 Å². The van der Waals surface area contributed by atoms with Crippen molar-refractivity contribution >= 4 is 17.6 Å². The minimum Gasteiger partial charge on any atom is -0.497 e. The molecule has 0 aromatic heterocycles. The number of amides is 2. The smallest absolute Gasteiger partial charge is 0.227 e. The number of fused-ring (bicyclic) bond motifs is 1. The maximum Gasteiger partial charge on any atom is 0.227 e. The van der Waals surface area contributed by atoms with Crippen LogP contribution >= 0.6 is 0 Å². The van der Waals surface area contributed by atoms with E-state index in [2.05, 4.69) is 0 Å². The molecule has 1 aromatic rings. The number of piperidine rings is 1. The van der Waals surface area contributed by atoms with Crippen molar-refractivity contribution in [2.75, 3.05) is 47.0 Å². The molecule has 162 valence electrons. The van der Waals surface area contributed by atoms with Gasteiger partial charge in [0.1, 0.15) is 17.1 Å². The first kappa shape index (κ1) is 20.7. The Balaban J connectivity index is 1.38. The number of ether oxygens (including phenoxy) is 3. The first-order valence-corrected chi connectivity index (χ1v) is 10.4. The van der Waals surface area contributed by atoms with Crippen LogP contribution in [0, 0.1) is 5.92 Å². The molecule has 3 aliphatic heterocycles. The first-order valence-electron chi connectivity index (χ1n) is 10.4. The number of nitrogens with zero attached hydrogens (tertiary/aromatic N) is 2. The molecule has 0 radical (unpaired) electrons. The normalized spacial score (nSPS) is 22.8. The van der Waals surface area contributed by atoms with Gasteiger partial charge < -0.3 is 24.0 Å². The van der Waals surface area contributed by atoms with Gasteiger partial charge in [-0.3, -0.25) is 14.4 Å². The lowest BCUT2D eigenvalue weighted by Gasteiger charge is -2.44. The van der Waals surface area contributed by atoms with Crippen LogP contribution in [0.2, 0.25) is 0 Å². The van der Waals surface area contributed by atoms with Crippen LogP contribution in [0.3, 0.4) is 0 Å². The van der Waals surface area contributed by atoms with Crippen molar-refractivity contribution in [3.8, 4) is 11.5 Å². The van der Waals surface area contributed by atoms with Crippen LogP contribution in [0.15, 0.2) is 18.2 Å². The summed E-state index contributed by atoms with van der Waals surface area (Å²) in [4.78, 5) is 41.3. The van der Waals surface area contributed by atoms with Gasteiger partial charge in [0.2, 0.25) is 11.8 Å². The third-order valence-electron chi connectivity index (χ3n) is 6.41. The summed E-state index contributed by atoms with van der Waals surface area (Å²) in [6, 6.07) is 5.26. The van der Waals surface area contributed by atoms with Gasteiger partial charge in [-0.2, -0.15) is 0 Å². The SMILES string of the molecule is COCCN1C[C@@H](C(=O)N2CCC3(CC2)CC(=O)c2ccc(OC)cc2O3)CC1=O. The van der Waals surface area contributed by atoms with Gasteiger partial charge in [-0.25, -0.2) is 0 Å². The highest BCUT2D eigenvalue weighted by atomic mass is 16.5. The van der Waals surface area contributed by atoms with Gasteiger partial charge >= 0.3 is 0 Å². The Kier molecular flexibility index (Phi) is 5.69. The van der Waals surface area contributed by atoms with Gasteiger partial charge in [0, 0.05) is 58.6 Å². The van der Waals surface area contributed by atoms with E-state index in [1.54, 1.807) is 37.3 Å². The molecule has 2 fully saturated rings. The molecule has 1 spiro atoms. The summed E-state index contributed by atoms with van der Waals surface area (Å²) in [6.07, 6.45) is 1.76. The number of rotatable bonds is 5. The molecule has 2 saturated heterocycles. The molecule has 1 aromatic carbocycles. The van der Waals surface area contributed by atoms with Crippen LogP contribution in [-0.2, 0) is 14.3 Å². The summed E-state index contributed by atoms with van der Waals surface area (Å²) in [5.41, 5.74) is 0.00371. The fraction of sp³-hybridized carbons (Fsp3) is 0.591. The molecular weight excluding hydrogens is 388 g/mol. The molecule has 2 amide bonds. The molecule has 0 saturated carbocycles. The van der Waals surface area contributed by atoms with Crippen LogP contribution in [0.5, 0.6) is 11.5 Å². The lowest BCUT2D eigenvalue weighted by Crippen LogP contribution is -2.53. The predicted molar refractivity (Wildman–Crippen MR) is 108 cm³/mol. The molecule has 0 aliphatic carbocycles. The summed E-state index contributed by atoms with van der Waals surface area (Å²) in [6.45, 7) is 2.48. The Morgan fingerprint density at radius 1 is 1.23 bits per heavy atom. The number of carbonyl (C=O) groups is 3. The van der Waals surface area contributed by atoms with Crippen LogP contribution in [-0.4, -0.2) is 80.0 Å². The Labute approximate surface area is 176 Å². The second kappa shape index (κ2) is 8.26. The monoisotopic (exact) mass is 416 g/mol. The molecule has 0 N–H and O–H groups in total. The van der Waals surface area contributed by atoms with E-state index in [9.17, 15) is 14.4 Å². The van der Waals surface area contributed by atoms with Crippen LogP contribution in [0.25, 0.3) is 0 Å². The Morgan fingerprint density at radius 2 is 2.00 bits per heavy atom. The summed E-state index contributed by atoms with van der Waals surface area (Å²) in [5, 5.41) is 0. The summed E-state index contributed by atoms with van der Waals surface area (Å²) < 4.78 is 16.6. The molecule has 3 aliphatic rings. The molecule has 0 unspecified atom stereocenters. The number of carbonyl (C=O) groups excluding carboxylic acids is 3. The van der Waals surface area contributed by atoms with Gasteiger partial charge in [-0.1, -0.05) is 0 Å². The third-order valence-corrected chi connectivity index (χ3v) is 6.41. The second-order valence-corrected chi connectivity index (χ2v) is 8.31. The highest BCUT2D eigenvalue weighted by Gasteiger charge is 2.45. The molecule has 3 heterocycles. The summed E-state index contributed by atoms with van der Waals surface area (Å²) in [7, 11) is 3.18. The van der Waals surface area contributed by atoms with E-state index in [0.717, 1.165) is 0 Å². The van der Waals surface area contributed by atoms with Crippen molar-refractivity contribution < 1.29 is 28.6 Å². The van der Waals surface area contributed by atoms with Crippen LogP contribution in [0.1, 0.15) is 36.0 Å². The maximum atomic E-state index is 13.0. The molecule has 4 rings (SSSR count). The predicted octanol–water partition coefficient (Wildman–Crippen LogP) is 1.52. The first-order chi connectivity index (χ1) is 14.4. The van der Waals surface area contributed by atoms with Gasteiger partial charge in [-0.15, -0.1) is 0 Å². The quantitative estimate of drug-likeness (QED) is 0.724. The summed E-state index contributed by atoms with van der Waals surface area (Å²) >= 11 is 0. The Morgan fingerprint density at radius 3 is 2.70 bits per heavy atom. The Hall–Kier alpha value is -2.61. The standard InChI is InChI=1S/C22H28N2O6/c1-28-10-9-24-14-15(11-20(24)26)21(27)23-7-5-22(6-8-23)13-18(25)17-4-3-16(29-2)12-19(17)30-22/h3-4,12,15H,5-11,13-14H2,1-2H3/t15-/m0/s1. The minimum atomic E-state index is -0.580. The molecule has 8 heteroatoms. The molecular formula is C22H28N2O6. The maximum absolute atomic E-state index is 13.0. The number of hydrogen-bond donors (Lipinski definition) is 0. The fourth-order valence-electron chi connectivity index (χ4n) is 4.63. The Bertz CT molecular complexity index is 846. The van der Waals surface area contributed by atoms with E-state index >= 15 is 0 Å². The average molecular weight is 416 g/mol. The van der Waals surface area contributed by atoms with E-state index in [-0.39, 0.29) is 29.9 Å². The lowest BCUT2D eigenvalue weighted by molar-refractivity contribution is -0.139. The highest BCUT2D eigenvalue weighted by molar-refractivity contribution is 6.00. The number of likely N-dealkylation sites (tertiary alicyclic amines) is 2. The van der Waals surface area contributed by atoms with Crippen molar-refractivity contribution in [2.24, 2.45) is 5.92 Å². The highest BCUT2D eigenvalue weighted by Crippen LogP contribution is 2.41. The topological polar surface area (TPSA) is 85.4 Å². The minimum absolute atomic E-state index is 0.00523. The molecule has 0 bridgehead atoms. The third kappa shape index (κ3) is 3.88. The number of methoxy groups -OCH3 is 2. The number of benzene rings is 1. The van der Waals surface area contributed by atoms with Gasteiger partial charge in [-0.05, 0) is 12.1 Å². The van der Waals surface area contributed by atoms with Crippen molar-refractivity contribution in [3.63, 3.8) is 0 Å². The zero-order chi connectivity index (χ0) is 21.3. The van der Waals surface area contributed by atoms with Gasteiger partial charge in [0.05, 0.1) is 31.6 Å². The average Bonchev–Trinajstić information content (AvgIpc) is 3.12. The van der Waals surface area contributed by atoms with Crippen molar-refractivity contribution in [3.05, 3.63) is 23.8 Å². The van der Waals surface area contributed by atoms with Crippen LogP contribution < -0.4 is 9.47 Å². The zero-order valence-corrected chi connectivity index (χ0v) is 17.5. The zero-order valence-electron chi connectivity index (χ0n) is 17.5. The van der Waals surface area contributed by atoms with Crippen molar-refractivity contribution in [1.82, 2.24) is 9.80 Å². The molecule has 30 heavy (non-hydrogen) atoms. The van der Waals surface area contributed by atoms with Crippen molar-refractivity contribution in [2.45, 2.75) is 31.3 Å². The lowest BCUT2D eigenvalue weighted by atomic mass is 9.82. The number of ketones is 1. The largest absolute Gasteiger partial charge is 0.497 e. The fourth-order valence-corrected chi connectivity index (χ4v) is 4.63. The van der Waals surface area contributed by atoms with E-state index in [1.807, 2.05) is 4.90 Å². The number of Topliss-reactive ketones (excluding diaryl/α,β-unsaturated/α-hetero) is 1. The molecule has 1 atom stereocenters. The van der Waals surface area contributed by atoms with Crippen molar-refractivity contribution in [1.29, 1.82) is 0 Å². The second-order valence-electron chi connectivity index (χ2n) is 8.31. The van der Waals surface area contributed by atoms with Gasteiger partial charge in [0.25, 0.3) is 0 Å².